The standard InChI is InChI=1S/C20H28OSi/c1-14-11-17-18(15(2)19(12-14)22(3,4)5)13-21-20(17)16-9-7-6-8-10-16/h6-11,17,19-20H,12-13H2,1-5H3/t17-,19+,20+/m0/s1. The second-order valence-electron chi connectivity index (χ2n) is 8.01. The first kappa shape index (κ1) is 15.8. The van der Waals surface area contributed by atoms with Gasteiger partial charge in [0, 0.05) is 5.92 Å². The summed E-state index contributed by atoms with van der Waals surface area (Å²) in [6, 6.07) is 10.7. The Balaban J connectivity index is 2.02. The molecule has 1 nitrogen and oxygen atoms in total. The van der Waals surface area contributed by atoms with Crippen LogP contribution < -0.4 is 0 Å². The Labute approximate surface area is 136 Å². The highest BCUT2D eigenvalue weighted by Gasteiger charge is 2.39. The van der Waals surface area contributed by atoms with Gasteiger partial charge in [-0.05, 0) is 36.9 Å². The summed E-state index contributed by atoms with van der Waals surface area (Å²) >= 11 is 0. The van der Waals surface area contributed by atoms with Crippen LogP contribution in [-0.2, 0) is 4.74 Å². The van der Waals surface area contributed by atoms with Gasteiger partial charge in [-0.2, -0.15) is 0 Å². The fourth-order valence-corrected chi connectivity index (χ4v) is 6.52. The van der Waals surface area contributed by atoms with E-state index in [0.717, 1.165) is 12.1 Å². The fraction of sp³-hybridized carbons (Fsp3) is 0.500. The Morgan fingerprint density at radius 1 is 1.05 bits per heavy atom. The number of benzene rings is 1. The third-order valence-electron chi connectivity index (χ3n) is 5.34. The molecule has 1 aliphatic carbocycles. The Hall–Kier alpha value is -1.12. The van der Waals surface area contributed by atoms with Crippen LogP contribution >= 0.6 is 0 Å². The van der Waals surface area contributed by atoms with Gasteiger partial charge in [-0.25, -0.2) is 0 Å². The molecule has 0 saturated carbocycles. The van der Waals surface area contributed by atoms with Crippen molar-refractivity contribution < 1.29 is 4.74 Å². The molecule has 2 aliphatic rings. The van der Waals surface area contributed by atoms with Crippen LogP contribution in [0.25, 0.3) is 0 Å². The number of rotatable bonds is 2. The average Bonchev–Trinajstić information content (AvgIpc) is 2.82. The van der Waals surface area contributed by atoms with Crippen molar-refractivity contribution in [2.75, 3.05) is 6.61 Å². The first-order valence-electron chi connectivity index (χ1n) is 8.41. The van der Waals surface area contributed by atoms with E-state index in [1.54, 1.807) is 16.7 Å². The number of allylic oxidation sites excluding steroid dienone is 2. The molecule has 118 valence electrons. The number of hydrogen-bond donors (Lipinski definition) is 0. The van der Waals surface area contributed by atoms with Gasteiger partial charge in [0.25, 0.3) is 0 Å². The topological polar surface area (TPSA) is 9.23 Å². The largest absolute Gasteiger partial charge is 0.368 e. The van der Waals surface area contributed by atoms with Crippen LogP contribution in [-0.4, -0.2) is 14.7 Å². The van der Waals surface area contributed by atoms with Crippen molar-refractivity contribution in [3.8, 4) is 0 Å². The molecule has 22 heavy (non-hydrogen) atoms. The normalized spacial score (nSPS) is 29.1. The van der Waals surface area contributed by atoms with Crippen LogP contribution in [0.2, 0.25) is 25.2 Å². The monoisotopic (exact) mass is 312 g/mol. The van der Waals surface area contributed by atoms with Crippen molar-refractivity contribution >= 4 is 8.07 Å². The first-order valence-corrected chi connectivity index (χ1v) is 12.0. The molecule has 3 rings (SSSR count). The minimum atomic E-state index is -1.21. The average molecular weight is 313 g/mol. The molecular weight excluding hydrogens is 284 g/mol. The van der Waals surface area contributed by atoms with Gasteiger partial charge >= 0.3 is 0 Å². The van der Waals surface area contributed by atoms with Gasteiger partial charge in [-0.3, -0.25) is 0 Å². The molecule has 0 N–H and O–H groups in total. The molecule has 3 atom stereocenters. The van der Waals surface area contributed by atoms with Crippen LogP contribution in [0.4, 0.5) is 0 Å². The minimum absolute atomic E-state index is 0.196. The molecule has 0 amide bonds. The van der Waals surface area contributed by atoms with Crippen LogP contribution in [0.15, 0.2) is 53.1 Å². The van der Waals surface area contributed by atoms with Crippen molar-refractivity contribution in [3.05, 3.63) is 58.7 Å². The predicted octanol–water partition coefficient (Wildman–Crippen LogP) is 5.75. The Morgan fingerprint density at radius 3 is 2.36 bits per heavy atom. The molecule has 1 aliphatic heterocycles. The second-order valence-corrected chi connectivity index (χ2v) is 13.4. The first-order chi connectivity index (χ1) is 10.4. The smallest absolute Gasteiger partial charge is 0.0930 e. The molecule has 1 aromatic carbocycles. The van der Waals surface area contributed by atoms with E-state index in [0.29, 0.717) is 5.92 Å². The Kier molecular flexibility index (Phi) is 4.17. The zero-order valence-electron chi connectivity index (χ0n) is 14.5. The minimum Gasteiger partial charge on any atom is -0.368 e. The van der Waals surface area contributed by atoms with Gasteiger partial charge in [-0.15, -0.1) is 0 Å². The quantitative estimate of drug-likeness (QED) is 0.499. The summed E-state index contributed by atoms with van der Waals surface area (Å²) in [5.74, 6) is 0.434. The van der Waals surface area contributed by atoms with Gasteiger partial charge in [0.15, 0.2) is 0 Å². The molecule has 0 bridgehead atoms. The summed E-state index contributed by atoms with van der Waals surface area (Å²) in [5, 5.41) is 0. The van der Waals surface area contributed by atoms with E-state index in [1.165, 1.54) is 12.0 Å². The van der Waals surface area contributed by atoms with Gasteiger partial charge < -0.3 is 4.74 Å². The van der Waals surface area contributed by atoms with Crippen LogP contribution in [0, 0.1) is 5.92 Å². The molecule has 1 saturated heterocycles. The lowest BCUT2D eigenvalue weighted by Crippen LogP contribution is -2.29. The molecule has 0 aromatic heterocycles. The van der Waals surface area contributed by atoms with E-state index in [9.17, 15) is 0 Å². The zero-order chi connectivity index (χ0) is 15.9. The van der Waals surface area contributed by atoms with Gasteiger partial charge in [-0.1, -0.05) is 67.2 Å². The lowest BCUT2D eigenvalue weighted by molar-refractivity contribution is 0.100. The molecule has 1 heterocycles. The summed E-state index contributed by atoms with van der Waals surface area (Å²) in [6.07, 6.45) is 3.92. The number of ether oxygens (including phenoxy) is 1. The maximum Gasteiger partial charge on any atom is 0.0930 e. The van der Waals surface area contributed by atoms with Crippen LogP contribution in [0.3, 0.4) is 0 Å². The zero-order valence-corrected chi connectivity index (χ0v) is 15.5. The summed E-state index contributed by atoms with van der Waals surface area (Å²) in [6.45, 7) is 13.0. The van der Waals surface area contributed by atoms with Gasteiger partial charge in [0.1, 0.15) is 0 Å². The highest BCUT2D eigenvalue weighted by molar-refractivity contribution is 6.78. The summed E-state index contributed by atoms with van der Waals surface area (Å²) in [4.78, 5) is 0. The molecular formula is C20H28OSi. The van der Waals surface area contributed by atoms with Gasteiger partial charge in [0.2, 0.25) is 0 Å². The van der Waals surface area contributed by atoms with E-state index in [2.05, 4.69) is 69.9 Å². The van der Waals surface area contributed by atoms with Crippen molar-refractivity contribution in [1.29, 1.82) is 0 Å². The van der Waals surface area contributed by atoms with Crippen LogP contribution in [0.5, 0.6) is 0 Å². The summed E-state index contributed by atoms with van der Waals surface area (Å²) in [7, 11) is -1.21. The molecule has 2 heteroatoms. The van der Waals surface area contributed by atoms with Crippen molar-refractivity contribution in [2.24, 2.45) is 5.92 Å². The molecule has 0 spiro atoms. The number of hydrogen-bond acceptors (Lipinski definition) is 1. The third kappa shape index (κ3) is 2.87. The van der Waals surface area contributed by atoms with Crippen molar-refractivity contribution in [2.45, 2.75) is 51.6 Å². The van der Waals surface area contributed by atoms with E-state index >= 15 is 0 Å². The highest BCUT2D eigenvalue weighted by atomic mass is 28.3. The molecule has 0 radical (unpaired) electrons. The molecule has 1 fully saturated rings. The molecule has 1 aromatic rings. The maximum absolute atomic E-state index is 6.23. The Bertz CT molecular complexity index is 606. The van der Waals surface area contributed by atoms with E-state index < -0.39 is 8.07 Å². The van der Waals surface area contributed by atoms with Gasteiger partial charge in [0.05, 0.1) is 20.8 Å². The SMILES string of the molecule is CC1=C[C@H]2C(=C(C)[C@H]([Si](C)(C)C)C1)CO[C@@H]2c1ccccc1. The van der Waals surface area contributed by atoms with E-state index in [1.807, 2.05) is 0 Å². The molecule has 0 unspecified atom stereocenters. The van der Waals surface area contributed by atoms with Crippen molar-refractivity contribution in [1.82, 2.24) is 0 Å². The lowest BCUT2D eigenvalue weighted by Gasteiger charge is -2.30. The lowest BCUT2D eigenvalue weighted by atomic mass is 9.89. The third-order valence-corrected chi connectivity index (χ3v) is 8.07. The van der Waals surface area contributed by atoms with Crippen LogP contribution in [0.1, 0.15) is 31.9 Å². The number of fused-ring (bicyclic) bond motifs is 1. The van der Waals surface area contributed by atoms with E-state index in [4.69, 9.17) is 4.74 Å². The fourth-order valence-electron chi connectivity index (χ4n) is 4.10. The predicted molar refractivity (Wildman–Crippen MR) is 96.8 cm³/mol. The summed E-state index contributed by atoms with van der Waals surface area (Å²) < 4.78 is 6.23. The Morgan fingerprint density at radius 2 is 1.73 bits per heavy atom. The van der Waals surface area contributed by atoms with Crippen molar-refractivity contribution in [3.63, 3.8) is 0 Å². The maximum atomic E-state index is 6.23. The van der Waals surface area contributed by atoms with E-state index in [-0.39, 0.29) is 6.10 Å². The second kappa shape index (κ2) is 5.82. The summed E-state index contributed by atoms with van der Waals surface area (Å²) in [5.41, 5.74) is 6.78. The highest BCUT2D eigenvalue weighted by Crippen LogP contribution is 2.48.